The Bertz CT molecular complexity index is 1320. The van der Waals surface area contributed by atoms with E-state index in [1.165, 1.54) is 44.5 Å². The maximum atomic E-state index is 6.43. The first-order valence-electron chi connectivity index (χ1n) is 18.8. The first kappa shape index (κ1) is 42.8. The summed E-state index contributed by atoms with van der Waals surface area (Å²) in [6.07, 6.45) is 0. The molecule has 1 spiro atoms. The van der Waals surface area contributed by atoms with Crippen molar-refractivity contribution < 1.29 is 27.1 Å². The highest BCUT2D eigenvalue weighted by Crippen LogP contribution is 2.54. The van der Waals surface area contributed by atoms with Crippen LogP contribution < -0.4 is 0 Å². The van der Waals surface area contributed by atoms with Gasteiger partial charge in [-0.1, -0.05) is 149 Å². The second kappa shape index (κ2) is 15.0. The van der Waals surface area contributed by atoms with Crippen molar-refractivity contribution in [1.82, 2.24) is 0 Å². The molecule has 2 aromatic rings. The first-order chi connectivity index (χ1) is 23.0. The fourth-order valence-corrected chi connectivity index (χ4v) is 9.10. The van der Waals surface area contributed by atoms with Crippen LogP contribution in [0.4, 0.5) is 0 Å². The highest BCUT2D eigenvalue weighted by Gasteiger charge is 2.44. The predicted molar refractivity (Wildman–Crippen MR) is 215 cm³/mol. The van der Waals surface area contributed by atoms with Crippen molar-refractivity contribution in [2.45, 2.75) is 170 Å². The molecule has 0 bridgehead atoms. The van der Waals surface area contributed by atoms with E-state index in [1.807, 2.05) is 0 Å². The third kappa shape index (κ3) is 10.6. The van der Waals surface area contributed by atoms with Gasteiger partial charge in [0.15, 0.2) is 0 Å². The molecule has 4 rings (SSSR count). The zero-order valence-electron chi connectivity index (χ0n) is 35.4. The van der Waals surface area contributed by atoms with Gasteiger partial charge in [0.1, 0.15) is 0 Å². The van der Waals surface area contributed by atoms with E-state index in [1.54, 1.807) is 0 Å². The Morgan fingerprint density at radius 2 is 0.667 bits per heavy atom. The van der Waals surface area contributed by atoms with E-state index in [4.69, 9.17) is 27.1 Å². The second-order valence-corrected chi connectivity index (χ2v) is 23.6. The van der Waals surface area contributed by atoms with Crippen LogP contribution >= 0.6 is 17.2 Å². The van der Waals surface area contributed by atoms with Gasteiger partial charge in [0.05, 0.1) is 45.1 Å². The summed E-state index contributed by atoms with van der Waals surface area (Å²) < 4.78 is 37.9. The molecule has 2 aliphatic rings. The van der Waals surface area contributed by atoms with Crippen molar-refractivity contribution in [2.75, 3.05) is 26.4 Å². The lowest BCUT2D eigenvalue weighted by Crippen LogP contribution is -2.44. The van der Waals surface area contributed by atoms with E-state index in [-0.39, 0.29) is 37.9 Å². The van der Waals surface area contributed by atoms with E-state index in [2.05, 4.69) is 149 Å². The van der Waals surface area contributed by atoms with Crippen LogP contribution in [0.1, 0.15) is 169 Å². The quantitative estimate of drug-likeness (QED) is 0.275. The van der Waals surface area contributed by atoms with E-state index < -0.39 is 17.2 Å². The van der Waals surface area contributed by atoms with Gasteiger partial charge in [0, 0.05) is 0 Å². The molecular weight excluding hydrogens is 674 g/mol. The number of benzene rings is 2. The Balaban J connectivity index is 1.42. The largest absolute Gasteiger partial charge is 0.333 e. The van der Waals surface area contributed by atoms with Gasteiger partial charge in [-0.05, 0) is 77.0 Å². The average molecular weight is 745 g/mol. The summed E-state index contributed by atoms with van der Waals surface area (Å²) in [6, 6.07) is 9.52. The average Bonchev–Trinajstić information content (AvgIpc) is 2.97. The van der Waals surface area contributed by atoms with Crippen molar-refractivity contribution in [2.24, 2.45) is 5.41 Å². The lowest BCUT2D eigenvalue weighted by Gasteiger charge is -2.42. The summed E-state index contributed by atoms with van der Waals surface area (Å²) in [5.74, 6) is 0. The van der Waals surface area contributed by atoms with Crippen LogP contribution in [0.3, 0.4) is 0 Å². The molecule has 0 radical (unpaired) electrons. The van der Waals surface area contributed by atoms with Gasteiger partial charge in [-0.25, -0.2) is 0 Å². The minimum Gasteiger partial charge on any atom is -0.311 e. The molecule has 51 heavy (non-hydrogen) atoms. The molecule has 6 nitrogen and oxygen atoms in total. The van der Waals surface area contributed by atoms with Gasteiger partial charge in [-0.3, -0.25) is 0 Å². The van der Waals surface area contributed by atoms with E-state index >= 15 is 0 Å². The molecule has 2 saturated heterocycles. The molecule has 0 atom stereocenters. The molecule has 0 saturated carbocycles. The maximum absolute atomic E-state index is 6.43. The fraction of sp³-hybridized carbons (Fsp3) is 0.721. The number of hydrogen-bond donors (Lipinski definition) is 0. The topological polar surface area (TPSA) is 55.4 Å². The van der Waals surface area contributed by atoms with E-state index in [0.29, 0.717) is 39.6 Å². The highest BCUT2D eigenvalue weighted by molar-refractivity contribution is 7.42. The van der Waals surface area contributed by atoms with Gasteiger partial charge >= 0.3 is 17.2 Å². The second-order valence-electron chi connectivity index (χ2n) is 21.2. The van der Waals surface area contributed by atoms with E-state index in [9.17, 15) is 0 Å². The normalized spacial score (nSPS) is 22.9. The number of rotatable bonds is 6. The molecule has 2 heterocycles. The van der Waals surface area contributed by atoms with Crippen LogP contribution in [-0.4, -0.2) is 26.4 Å². The Labute approximate surface area is 314 Å². The molecule has 0 amide bonds. The molecule has 2 aromatic carbocycles. The van der Waals surface area contributed by atoms with Crippen molar-refractivity contribution >= 4 is 17.2 Å². The molecule has 0 aliphatic carbocycles. The van der Waals surface area contributed by atoms with Crippen molar-refractivity contribution in [3.05, 3.63) is 68.8 Å². The van der Waals surface area contributed by atoms with Crippen LogP contribution in [0.5, 0.6) is 0 Å². The minimum atomic E-state index is -1.50. The molecule has 0 aromatic heterocycles. The monoisotopic (exact) mass is 744 g/mol. The predicted octanol–water partition coefficient (Wildman–Crippen LogP) is 12.7. The molecule has 0 N–H and O–H groups in total. The molecular formula is C43H70O6P2. The smallest absolute Gasteiger partial charge is 0.311 e. The summed E-state index contributed by atoms with van der Waals surface area (Å²) in [7, 11) is -3.00. The molecule has 8 heteroatoms. The highest BCUT2D eigenvalue weighted by atomic mass is 31.2. The maximum Gasteiger partial charge on any atom is 0.333 e. The van der Waals surface area contributed by atoms with Crippen molar-refractivity contribution in [3.63, 3.8) is 0 Å². The van der Waals surface area contributed by atoms with Gasteiger partial charge < -0.3 is 27.1 Å². The van der Waals surface area contributed by atoms with Crippen molar-refractivity contribution in [1.29, 1.82) is 0 Å². The standard InChI is InChI=1S/C43H70O6P2/c1-37(2,3)29-19-33(39(7,8)9)31(34(20-29)40(10,11)12)23-44-50-46-25-43(26-47-50)27-48-51(49-28-43)45-24-32-35(41(13,14)15)21-30(38(4,5)6)22-36(32)42(16,17)18/h19-22H,23-28H2,1-18H3. The zero-order chi connectivity index (χ0) is 38.6. The van der Waals surface area contributed by atoms with Crippen LogP contribution in [0.25, 0.3) is 0 Å². The third-order valence-electron chi connectivity index (χ3n) is 10.00. The summed E-state index contributed by atoms with van der Waals surface area (Å²) in [5, 5.41) is 0. The summed E-state index contributed by atoms with van der Waals surface area (Å²) >= 11 is 0. The first-order valence-corrected chi connectivity index (χ1v) is 20.9. The SMILES string of the molecule is CC(C)(C)c1cc(C(C)(C)C)c(COP2OCC3(CO2)COP(OCc2c(C(C)(C)C)cc(C(C)(C)C)cc2C(C)(C)C)OC3)c(C(C)(C)C)c1. The van der Waals surface area contributed by atoms with Gasteiger partial charge in [0.25, 0.3) is 0 Å². The van der Waals surface area contributed by atoms with Gasteiger partial charge in [-0.15, -0.1) is 0 Å². The Kier molecular flexibility index (Phi) is 12.5. The fourth-order valence-electron chi connectivity index (χ4n) is 6.66. The summed E-state index contributed by atoms with van der Waals surface area (Å²) in [4.78, 5) is 0. The van der Waals surface area contributed by atoms with Crippen LogP contribution in [0, 0.1) is 5.41 Å². The van der Waals surface area contributed by atoms with Crippen LogP contribution in [0.15, 0.2) is 24.3 Å². The van der Waals surface area contributed by atoms with Gasteiger partial charge in [-0.2, -0.15) is 0 Å². The minimum absolute atomic E-state index is 0.0404. The molecule has 0 unspecified atom stereocenters. The van der Waals surface area contributed by atoms with Gasteiger partial charge in [0.2, 0.25) is 0 Å². The summed E-state index contributed by atoms with van der Waals surface area (Å²) in [6.45, 7) is 43.8. The zero-order valence-corrected chi connectivity index (χ0v) is 37.2. The summed E-state index contributed by atoms with van der Waals surface area (Å²) in [5.41, 5.74) is 10.0. The Morgan fingerprint density at radius 1 is 0.431 bits per heavy atom. The lowest BCUT2D eigenvalue weighted by molar-refractivity contribution is -0.0773. The Hall–Kier alpha value is -0.940. The molecule has 288 valence electrons. The molecule has 2 aliphatic heterocycles. The van der Waals surface area contributed by atoms with Crippen LogP contribution in [-0.2, 0) is 72.8 Å². The van der Waals surface area contributed by atoms with Crippen molar-refractivity contribution in [3.8, 4) is 0 Å². The Morgan fingerprint density at radius 3 is 0.863 bits per heavy atom. The number of hydrogen-bond acceptors (Lipinski definition) is 6. The molecule has 2 fully saturated rings. The lowest BCUT2D eigenvalue weighted by atomic mass is 9.72. The van der Waals surface area contributed by atoms with Crippen LogP contribution in [0.2, 0.25) is 0 Å². The third-order valence-corrected chi connectivity index (χ3v) is 12.0. The van der Waals surface area contributed by atoms with E-state index in [0.717, 1.165) is 0 Å².